The molecule has 1 saturated heterocycles. The van der Waals surface area contributed by atoms with Crippen LogP contribution in [0.4, 0.5) is 0 Å². The first kappa shape index (κ1) is 69.0. The second-order valence-electron chi connectivity index (χ2n) is 21.8. The summed E-state index contributed by atoms with van der Waals surface area (Å²) >= 11 is 0. The summed E-state index contributed by atoms with van der Waals surface area (Å²) in [6.45, 7) is 13.1. The molecule has 0 amide bonds. The SMILES string of the molecule is CN=C(NC)NCCCC=CCCCC(C)C1OC(=O)C(C)=CC=CC(C)C(O)CC(O)C(C)C(O)CCC(C)C(O)CC2(O)OC(CC(OC(=O)CC(=O)O)CC(O)CC(O)CC(O)C(C)=CC=CC1C)CC(O)C2O. The van der Waals surface area contributed by atoms with Crippen molar-refractivity contribution < 1.29 is 84.8 Å². The maximum atomic E-state index is 13.6. The Morgan fingerprint density at radius 3 is 2.09 bits per heavy atom. The fraction of sp³-hybridized carbons (Fsp3) is 0.754. The van der Waals surface area contributed by atoms with E-state index in [4.69, 9.17) is 14.2 Å². The highest BCUT2D eigenvalue weighted by Gasteiger charge is 2.50. The van der Waals surface area contributed by atoms with E-state index in [-0.39, 0.29) is 63.2 Å². The summed E-state index contributed by atoms with van der Waals surface area (Å²) in [5.41, 5.74) is 0.809. The van der Waals surface area contributed by atoms with Crippen molar-refractivity contribution in [2.24, 2.45) is 34.6 Å². The summed E-state index contributed by atoms with van der Waals surface area (Å²) in [7, 11) is 3.53. The molecule has 2 aliphatic rings. The van der Waals surface area contributed by atoms with Crippen LogP contribution in [-0.2, 0) is 28.6 Å². The number of ether oxygens (including phenoxy) is 3. The number of aliphatic carboxylic acids is 1. The molecule has 0 aliphatic carbocycles. The van der Waals surface area contributed by atoms with Gasteiger partial charge >= 0.3 is 17.9 Å². The van der Waals surface area contributed by atoms with Crippen molar-refractivity contribution in [1.29, 1.82) is 0 Å². The number of carboxylic acids is 1. The van der Waals surface area contributed by atoms with Gasteiger partial charge in [-0.15, -0.1) is 0 Å². The van der Waals surface area contributed by atoms with Crippen LogP contribution in [0.15, 0.2) is 64.7 Å². The van der Waals surface area contributed by atoms with E-state index in [1.54, 1.807) is 72.0 Å². The molecule has 2 heterocycles. The van der Waals surface area contributed by atoms with Gasteiger partial charge in [0.05, 0.1) is 54.9 Å². The molecule has 0 radical (unpaired) electrons. The van der Waals surface area contributed by atoms with E-state index in [0.29, 0.717) is 11.1 Å². The summed E-state index contributed by atoms with van der Waals surface area (Å²) in [5, 5.41) is 127. The molecule has 0 aromatic heterocycles. The van der Waals surface area contributed by atoms with Crippen molar-refractivity contribution in [3.63, 3.8) is 0 Å². The van der Waals surface area contributed by atoms with Crippen LogP contribution >= 0.6 is 0 Å². The molecule has 13 N–H and O–H groups in total. The van der Waals surface area contributed by atoms with Crippen LogP contribution in [-0.4, -0.2) is 180 Å². The topological polar surface area (TPSA) is 338 Å². The lowest BCUT2D eigenvalue weighted by molar-refractivity contribution is -0.333. The highest BCUT2D eigenvalue weighted by molar-refractivity contribution is 5.90. The van der Waals surface area contributed by atoms with Gasteiger partial charge in [-0.25, -0.2) is 4.79 Å². The van der Waals surface area contributed by atoms with E-state index in [1.165, 1.54) is 0 Å². The van der Waals surface area contributed by atoms with Crippen LogP contribution in [0.1, 0.15) is 145 Å². The molecule has 77 heavy (non-hydrogen) atoms. The van der Waals surface area contributed by atoms with Crippen molar-refractivity contribution in [1.82, 2.24) is 10.6 Å². The summed E-state index contributed by atoms with van der Waals surface area (Å²) < 4.78 is 17.5. The average molecular weight is 1100 g/mol. The Morgan fingerprint density at radius 1 is 0.805 bits per heavy atom. The summed E-state index contributed by atoms with van der Waals surface area (Å²) in [5.74, 6) is -7.05. The average Bonchev–Trinajstić information content (AvgIpc) is 3.35. The van der Waals surface area contributed by atoms with Gasteiger partial charge in [0.1, 0.15) is 24.7 Å². The molecule has 2 rings (SSSR count). The molecule has 0 aromatic carbocycles. The molecule has 18 unspecified atom stereocenters. The van der Waals surface area contributed by atoms with Crippen LogP contribution in [0.5, 0.6) is 0 Å². The van der Waals surface area contributed by atoms with Crippen molar-refractivity contribution in [2.75, 3.05) is 20.6 Å². The zero-order valence-corrected chi connectivity index (χ0v) is 47.1. The molecule has 1 fully saturated rings. The second-order valence-corrected chi connectivity index (χ2v) is 21.8. The van der Waals surface area contributed by atoms with Crippen molar-refractivity contribution in [3.8, 4) is 0 Å². The molecule has 18 atom stereocenters. The van der Waals surface area contributed by atoms with E-state index >= 15 is 0 Å². The fourth-order valence-electron chi connectivity index (χ4n) is 9.63. The molecule has 0 spiro atoms. The quantitative estimate of drug-likeness (QED) is 0.0331. The number of hydrogen-bond donors (Lipinski definition) is 13. The van der Waals surface area contributed by atoms with E-state index in [2.05, 4.69) is 27.8 Å². The number of carbonyl (C=O) groups excluding carboxylic acids is 2. The van der Waals surface area contributed by atoms with Crippen LogP contribution in [0, 0.1) is 29.6 Å². The largest absolute Gasteiger partial charge is 0.481 e. The van der Waals surface area contributed by atoms with Crippen molar-refractivity contribution in [2.45, 2.75) is 224 Å². The molecule has 0 saturated carbocycles. The number of nitrogens with zero attached hydrogens (tertiary/aromatic N) is 1. The van der Waals surface area contributed by atoms with Crippen molar-refractivity contribution >= 4 is 23.9 Å². The summed E-state index contributed by atoms with van der Waals surface area (Å²) in [6.07, 6.45) is 1.28. The van der Waals surface area contributed by atoms with Gasteiger partial charge in [-0.2, -0.15) is 0 Å². The second kappa shape index (κ2) is 35.5. The number of unbranched alkanes of at least 4 members (excludes halogenated alkanes) is 2. The Morgan fingerprint density at radius 2 is 1.44 bits per heavy atom. The van der Waals surface area contributed by atoms with E-state index in [1.807, 2.05) is 27.0 Å². The predicted molar refractivity (Wildman–Crippen MR) is 292 cm³/mol. The predicted octanol–water partition coefficient (Wildman–Crippen LogP) is 3.63. The number of esters is 2. The number of rotatable bonds is 12. The Bertz CT molecular complexity index is 1940. The van der Waals surface area contributed by atoms with Gasteiger partial charge in [0.15, 0.2) is 11.7 Å². The Kier molecular flexibility index (Phi) is 31.9. The summed E-state index contributed by atoms with van der Waals surface area (Å²) in [6, 6.07) is 0. The number of fused-ring (bicyclic) bond motifs is 2. The highest BCUT2D eigenvalue weighted by atomic mass is 16.7. The molecular weight excluding hydrogens is 999 g/mol. The first-order chi connectivity index (χ1) is 36.2. The monoisotopic (exact) mass is 1100 g/mol. The van der Waals surface area contributed by atoms with Gasteiger partial charge in [0.2, 0.25) is 0 Å². The van der Waals surface area contributed by atoms with Crippen LogP contribution in [0.2, 0.25) is 0 Å². The molecule has 20 nitrogen and oxygen atoms in total. The third-order valence-corrected chi connectivity index (χ3v) is 15.0. The minimum Gasteiger partial charge on any atom is -0.481 e. The first-order valence-electron chi connectivity index (χ1n) is 27.6. The van der Waals surface area contributed by atoms with E-state index < -0.39 is 128 Å². The third kappa shape index (κ3) is 25.7. The maximum absolute atomic E-state index is 13.6. The minimum absolute atomic E-state index is 0.0578. The zero-order valence-electron chi connectivity index (χ0n) is 47.1. The lowest BCUT2D eigenvalue weighted by Crippen LogP contribution is -2.60. The van der Waals surface area contributed by atoms with Crippen LogP contribution in [0.3, 0.4) is 0 Å². The number of nitrogens with one attached hydrogen (secondary N) is 2. The number of aliphatic hydroxyl groups excluding tert-OH is 9. The standard InChI is InChI=1S/C57H97N3O17/c1-34-19-16-21-38(5)53(37(4)18-14-12-10-11-13-15-25-60-56(58-8)59-9)76-55(73)39(6)22-17-20-35(2)47(65)31-48(66)40(7)45(63)24-23-36(3)50(68)33-57(74)54(72)49(67)30-44(77-57)29-43(75-52(71)32-51(69)70)27-41(61)26-42(62)28-46(34)64/h10-11,16-17,19-22,35-38,40-50,53-54,61-68,72,74H,12-15,18,23-33H2,1-9H3,(H,69,70)(H2,58,59,60). The first-order valence-corrected chi connectivity index (χ1v) is 27.6. The number of carboxylic acid groups (broad SMARTS) is 1. The number of hydrogen-bond acceptors (Lipinski definition) is 17. The number of aliphatic imine (C=N–C) groups is 1. The minimum atomic E-state index is -2.52. The lowest BCUT2D eigenvalue weighted by atomic mass is 9.84. The number of aliphatic hydroxyl groups is 10. The smallest absolute Gasteiger partial charge is 0.334 e. The maximum Gasteiger partial charge on any atom is 0.334 e. The third-order valence-electron chi connectivity index (χ3n) is 15.0. The van der Waals surface area contributed by atoms with Gasteiger partial charge in [-0.05, 0) is 82.6 Å². The molecule has 2 aliphatic heterocycles. The van der Waals surface area contributed by atoms with E-state index in [0.717, 1.165) is 44.6 Å². The highest BCUT2D eigenvalue weighted by Crippen LogP contribution is 2.36. The number of carbonyl (C=O) groups is 3. The molecule has 2 bridgehead atoms. The molecule has 0 aromatic rings. The molecular formula is C57H97N3O17. The number of allylic oxidation sites excluding steroid dienone is 6. The molecule has 20 heteroatoms. The Hall–Kier alpha value is -4.06. The Labute approximate surface area is 456 Å². The van der Waals surface area contributed by atoms with Crippen molar-refractivity contribution in [3.05, 3.63) is 59.8 Å². The van der Waals surface area contributed by atoms with E-state index in [9.17, 15) is 70.6 Å². The molecule has 442 valence electrons. The zero-order chi connectivity index (χ0) is 58.0. The van der Waals surface area contributed by atoms with Gasteiger partial charge in [0.25, 0.3) is 0 Å². The Balaban J connectivity index is 2.43. The summed E-state index contributed by atoms with van der Waals surface area (Å²) in [4.78, 5) is 41.7. The normalized spacial score (nSPS) is 35.4. The van der Waals surface area contributed by atoms with Gasteiger partial charge < -0.3 is 81.0 Å². The van der Waals surface area contributed by atoms with Gasteiger partial charge in [-0.3, -0.25) is 14.6 Å². The van der Waals surface area contributed by atoms with Crippen LogP contribution < -0.4 is 10.6 Å². The fourth-order valence-corrected chi connectivity index (χ4v) is 9.63. The lowest BCUT2D eigenvalue weighted by Gasteiger charge is -2.45. The number of guanidine groups is 1. The van der Waals surface area contributed by atoms with Gasteiger partial charge in [0, 0.05) is 82.5 Å². The number of cyclic esters (lactones) is 1. The van der Waals surface area contributed by atoms with Crippen LogP contribution in [0.25, 0.3) is 0 Å². The van der Waals surface area contributed by atoms with Gasteiger partial charge in [-0.1, -0.05) is 83.2 Å².